The molecule has 188 valence electrons. The minimum Gasteiger partial charge on any atom is -0.744 e. The van der Waals surface area contributed by atoms with Crippen LogP contribution in [0.3, 0.4) is 0 Å². The number of hydrogen-bond donors (Lipinski definition) is 0. The summed E-state index contributed by atoms with van der Waals surface area (Å²) in [7, 11) is -7.61. The highest BCUT2D eigenvalue weighted by molar-refractivity contribution is 7.87. The van der Waals surface area contributed by atoms with Gasteiger partial charge in [-0.25, -0.2) is 8.42 Å². The van der Waals surface area contributed by atoms with Crippen LogP contribution in [0.5, 0.6) is 11.5 Å². The van der Waals surface area contributed by atoms with Gasteiger partial charge in [0.1, 0.15) is 15.0 Å². The number of halogens is 1. The van der Waals surface area contributed by atoms with Gasteiger partial charge in [-0.15, -0.1) is 0 Å². The van der Waals surface area contributed by atoms with E-state index in [-0.39, 0.29) is 37.6 Å². The van der Waals surface area contributed by atoms with Crippen molar-refractivity contribution in [3.8, 4) is 11.5 Å². The van der Waals surface area contributed by atoms with E-state index >= 15 is 0 Å². The molecule has 0 amide bonds. The maximum absolute atomic E-state index is 12.2. The summed E-state index contributed by atoms with van der Waals surface area (Å²) >= 11 is 0.0287. The van der Waals surface area contributed by atoms with E-state index in [1.54, 1.807) is 12.1 Å². The smallest absolute Gasteiger partial charge is 0.357 e. The number of ether oxygens (including phenoxy) is 1. The summed E-state index contributed by atoms with van der Waals surface area (Å²) in [6, 6.07) is 30.3. The van der Waals surface area contributed by atoms with Crippen molar-refractivity contribution < 1.29 is 51.5 Å². The van der Waals surface area contributed by atoms with E-state index in [0.717, 1.165) is 23.8 Å². The fraction of sp³-hybridized carbons (Fsp3) is 0.0769. The number of aryl methyl sites for hydroxylation is 1. The van der Waals surface area contributed by atoms with Crippen molar-refractivity contribution >= 4 is 20.2 Å². The first-order chi connectivity index (χ1) is 17.1. The fourth-order valence-electron chi connectivity index (χ4n) is 2.82. The predicted molar refractivity (Wildman–Crippen MR) is 130 cm³/mol. The van der Waals surface area contributed by atoms with Gasteiger partial charge in [0.2, 0.25) is 0 Å². The third kappa shape index (κ3) is 8.05. The second-order valence-electron chi connectivity index (χ2n) is 7.30. The molecule has 4 aromatic rings. The lowest BCUT2D eigenvalue weighted by Crippen LogP contribution is -3.61. The van der Waals surface area contributed by atoms with Crippen LogP contribution >= 0.6 is 0 Å². The minimum atomic E-state index is -4.69. The molecule has 36 heavy (non-hydrogen) atoms. The van der Waals surface area contributed by atoms with Gasteiger partial charge < -0.3 is 13.5 Å². The van der Waals surface area contributed by atoms with Crippen molar-refractivity contribution in [3.05, 3.63) is 116 Å². The molecule has 0 atom stereocenters. The van der Waals surface area contributed by atoms with Gasteiger partial charge >= 0.3 is 31.3 Å². The van der Waals surface area contributed by atoms with Gasteiger partial charge in [0.15, 0.2) is 18.6 Å². The van der Waals surface area contributed by atoms with Gasteiger partial charge in [-0.05, 0) is 55.5 Å². The molecule has 0 aliphatic rings. The van der Waals surface area contributed by atoms with Crippen LogP contribution in [0.15, 0.2) is 113 Å². The Hall–Kier alpha value is -2.93. The molecule has 0 fully saturated rings. The van der Waals surface area contributed by atoms with E-state index in [4.69, 9.17) is 8.92 Å². The number of methoxy groups -OCH3 is 1. The van der Waals surface area contributed by atoms with Crippen molar-refractivity contribution in [2.75, 3.05) is 7.11 Å². The Morgan fingerprint density at radius 2 is 1.17 bits per heavy atom. The van der Waals surface area contributed by atoms with Crippen LogP contribution in [-0.4, -0.2) is 28.5 Å². The normalized spacial score (nSPS) is 11.2. The van der Waals surface area contributed by atoms with Crippen LogP contribution < -0.4 is 30.1 Å². The highest BCUT2D eigenvalue weighted by Gasteiger charge is 2.20. The van der Waals surface area contributed by atoms with Crippen molar-refractivity contribution in [2.24, 2.45) is 0 Å². The molecule has 7 nitrogen and oxygen atoms in total. The maximum atomic E-state index is 12.2. The zero-order valence-corrected chi connectivity index (χ0v) is 23.2. The van der Waals surface area contributed by atoms with E-state index in [1.165, 1.54) is 26.4 Å². The van der Waals surface area contributed by atoms with Gasteiger partial charge in [-0.1, -0.05) is 54.1 Å². The molecule has 0 saturated heterocycles. The van der Waals surface area contributed by atoms with Crippen molar-refractivity contribution in [2.45, 2.75) is 16.7 Å². The molecule has 0 bridgehead atoms. The molecule has 0 aliphatic heterocycles. The van der Waals surface area contributed by atoms with Gasteiger partial charge in [-0.3, -0.25) is 0 Å². The van der Waals surface area contributed by atoms with Crippen LogP contribution in [-0.2, 0) is 20.2 Å². The quantitative estimate of drug-likeness (QED) is 0.172. The molecule has 4 rings (SSSR count). The van der Waals surface area contributed by atoms with Gasteiger partial charge in [0.25, 0.3) is 0 Å². The van der Waals surface area contributed by atoms with E-state index in [2.05, 4.69) is 60.7 Å². The highest BCUT2D eigenvalue weighted by atomic mass is 127. The van der Waals surface area contributed by atoms with E-state index in [1.807, 2.05) is 6.92 Å². The van der Waals surface area contributed by atoms with E-state index in [9.17, 15) is 21.4 Å². The van der Waals surface area contributed by atoms with Crippen LogP contribution in [0, 0.1) is 14.1 Å². The summed E-state index contributed by atoms with van der Waals surface area (Å²) in [6.45, 7) is 1.81. The topological polar surface area (TPSA) is 110 Å². The Balaban J connectivity index is 0.000000233. The highest BCUT2D eigenvalue weighted by Crippen LogP contribution is 2.32. The second-order valence-corrected chi connectivity index (χ2v) is 13.3. The average molecular weight is 639 g/mol. The van der Waals surface area contributed by atoms with Gasteiger partial charge in [-0.2, -0.15) is 8.42 Å². The SMILES string of the molecule is COc1cc(S(=O)(=O)[O-])ccc1OS(=O)(=O)c1ccc(C)cc1.c1ccc([I+]c2ccccc2)cc1. The Labute approximate surface area is 221 Å². The lowest BCUT2D eigenvalue weighted by Gasteiger charge is -2.13. The zero-order chi connectivity index (χ0) is 26.2. The monoisotopic (exact) mass is 638 g/mol. The van der Waals surface area contributed by atoms with Crippen molar-refractivity contribution in [1.82, 2.24) is 0 Å². The molecular formula is C26H23IO7S2. The molecule has 0 aromatic heterocycles. The lowest BCUT2D eigenvalue weighted by molar-refractivity contribution is -0.597. The van der Waals surface area contributed by atoms with Crippen LogP contribution in [0.4, 0.5) is 0 Å². The molecule has 0 saturated carbocycles. The summed E-state index contributed by atoms with van der Waals surface area (Å²) in [5, 5.41) is 0. The minimum absolute atomic E-state index is 0.0287. The zero-order valence-electron chi connectivity index (χ0n) is 19.4. The predicted octanol–water partition coefficient (Wildman–Crippen LogP) is 1.49. The molecule has 0 aliphatic carbocycles. The second kappa shape index (κ2) is 12.3. The van der Waals surface area contributed by atoms with E-state index in [0.29, 0.717) is 0 Å². The standard InChI is InChI=1S/C14H14O7S2.C12H10I/c1-10-3-5-11(6-4-10)23(18,19)21-13-8-7-12(22(15,16)17)9-14(13)20-2;1-3-7-11(8-4-1)13-12-9-5-2-6-10-12/h3-9H,1-2H3,(H,15,16,17);1-10H/q;+1/p-1. The Morgan fingerprint density at radius 1 is 0.667 bits per heavy atom. The number of rotatable bonds is 7. The summed E-state index contributed by atoms with van der Waals surface area (Å²) in [5.74, 6) is -0.405. The van der Waals surface area contributed by atoms with Crippen LogP contribution in [0.1, 0.15) is 5.56 Å². The first-order valence-corrected chi connectivity index (χ1v) is 15.5. The molecular weight excluding hydrogens is 615 g/mol. The van der Waals surface area contributed by atoms with Crippen molar-refractivity contribution in [3.63, 3.8) is 0 Å². The molecule has 0 unspecified atom stereocenters. The summed E-state index contributed by atoms with van der Waals surface area (Å²) in [4.78, 5) is -0.611. The van der Waals surface area contributed by atoms with Gasteiger partial charge in [0, 0.05) is 6.07 Å². The number of hydrogen-bond acceptors (Lipinski definition) is 7. The summed E-state index contributed by atoms with van der Waals surface area (Å²) < 4.78 is 70.2. The maximum Gasteiger partial charge on any atom is 0.357 e. The van der Waals surface area contributed by atoms with Gasteiger partial charge in [0.05, 0.1) is 12.0 Å². The first-order valence-electron chi connectivity index (χ1n) is 10.5. The molecule has 0 N–H and O–H groups in total. The van der Waals surface area contributed by atoms with Crippen LogP contribution in [0.25, 0.3) is 0 Å². The molecule has 0 heterocycles. The van der Waals surface area contributed by atoms with Crippen LogP contribution in [0.2, 0.25) is 0 Å². The molecule has 0 spiro atoms. The third-order valence-corrected chi connectivity index (χ3v) is 9.38. The fourth-order valence-corrected chi connectivity index (χ4v) is 6.52. The Morgan fingerprint density at radius 3 is 1.64 bits per heavy atom. The summed E-state index contributed by atoms with van der Waals surface area (Å²) in [5.41, 5.74) is 0.881. The Bertz CT molecular complexity index is 1450. The largest absolute Gasteiger partial charge is 0.744 e. The first kappa shape index (κ1) is 27.7. The Kier molecular flexibility index (Phi) is 9.49. The third-order valence-electron chi connectivity index (χ3n) is 4.62. The lowest BCUT2D eigenvalue weighted by atomic mass is 10.2. The average Bonchev–Trinajstić information content (AvgIpc) is 2.85. The number of benzene rings is 4. The summed E-state index contributed by atoms with van der Waals surface area (Å²) in [6.07, 6.45) is 0. The molecule has 4 aromatic carbocycles. The molecule has 0 radical (unpaired) electrons. The van der Waals surface area contributed by atoms with Crippen molar-refractivity contribution in [1.29, 1.82) is 0 Å². The van der Waals surface area contributed by atoms with E-state index < -0.39 is 25.1 Å². The molecule has 10 heteroatoms.